The topological polar surface area (TPSA) is 15.7 Å². The predicted molar refractivity (Wildman–Crippen MR) is 60.4 cm³/mol. The van der Waals surface area contributed by atoms with Gasteiger partial charge in [0.05, 0.1) is 11.1 Å². The molecule has 1 unspecified atom stereocenters. The molecule has 80 valence electrons. The lowest BCUT2D eigenvalue weighted by atomic mass is 9.92. The van der Waals surface area contributed by atoms with Crippen molar-refractivity contribution in [1.29, 1.82) is 0 Å². The lowest BCUT2D eigenvalue weighted by Crippen LogP contribution is -2.45. The molecule has 0 aromatic carbocycles. The van der Waals surface area contributed by atoms with E-state index in [-0.39, 0.29) is 11.8 Å². The van der Waals surface area contributed by atoms with Crippen LogP contribution in [0.4, 0.5) is 0 Å². The summed E-state index contributed by atoms with van der Waals surface area (Å²) in [5.41, 5.74) is 1.82. The van der Waals surface area contributed by atoms with Crippen molar-refractivity contribution < 1.29 is 4.74 Å². The Balaban J connectivity index is 2.01. The van der Waals surface area contributed by atoms with E-state index in [1.54, 1.807) is 5.49 Å². The summed E-state index contributed by atoms with van der Waals surface area (Å²) in [6, 6.07) is 0. The van der Waals surface area contributed by atoms with E-state index in [9.17, 15) is 0 Å². The maximum absolute atomic E-state index is 6.04. The summed E-state index contributed by atoms with van der Waals surface area (Å²) >= 11 is 4.98. The highest BCUT2D eigenvalue weighted by molar-refractivity contribution is 7.78. The number of likely N-dealkylation sites (tertiary alicyclic amines) is 1. The molecule has 0 bridgehead atoms. The van der Waals surface area contributed by atoms with Crippen LogP contribution in [0, 0.1) is 0 Å². The van der Waals surface area contributed by atoms with Crippen molar-refractivity contribution >= 4 is 17.7 Å². The molecule has 0 saturated carbocycles. The zero-order valence-corrected chi connectivity index (χ0v) is 9.72. The van der Waals surface area contributed by atoms with Gasteiger partial charge in [0, 0.05) is 19.6 Å². The van der Waals surface area contributed by atoms with Crippen molar-refractivity contribution in [2.75, 3.05) is 26.7 Å². The van der Waals surface area contributed by atoms with E-state index in [4.69, 9.17) is 17.0 Å². The Hall–Kier alpha value is -0.190. The van der Waals surface area contributed by atoms with Crippen LogP contribution in [0.1, 0.15) is 19.8 Å². The van der Waals surface area contributed by atoms with Crippen molar-refractivity contribution in [3.63, 3.8) is 0 Å². The van der Waals surface area contributed by atoms with Crippen LogP contribution in [0.2, 0.25) is 0 Å². The molecule has 0 aromatic heterocycles. The molecule has 0 amide bonds. The van der Waals surface area contributed by atoms with E-state index in [1.165, 1.54) is 0 Å². The molecule has 2 heterocycles. The van der Waals surface area contributed by atoms with Gasteiger partial charge in [0.25, 0.3) is 0 Å². The van der Waals surface area contributed by atoms with Gasteiger partial charge in [-0.1, -0.05) is 12.2 Å². The fourth-order valence-electron chi connectivity index (χ4n) is 2.35. The second-order valence-corrected chi connectivity index (χ2v) is 4.69. The largest absolute Gasteiger partial charge is 0.350 e. The first-order valence-corrected chi connectivity index (χ1v) is 5.70. The van der Waals surface area contributed by atoms with Gasteiger partial charge in [-0.2, -0.15) is 0 Å². The number of nitrogens with zero attached hydrogens (tertiary/aromatic N) is 2. The molecule has 2 aliphatic heterocycles. The monoisotopic (exact) mass is 214 g/mol. The Bertz CT molecular complexity index is 226. The Labute approximate surface area is 91.0 Å². The number of thiocarbonyl (C=S) groups is 1. The second-order valence-electron chi connectivity index (χ2n) is 4.48. The minimum absolute atomic E-state index is 0.0846. The fraction of sp³-hybridized carbons (Fsp3) is 0.900. The van der Waals surface area contributed by atoms with Crippen LogP contribution in [-0.4, -0.2) is 53.8 Å². The maximum atomic E-state index is 6.04. The maximum Gasteiger partial charge on any atom is 0.128 e. The predicted octanol–water partition coefficient (Wildman–Crippen LogP) is 1.09. The molecule has 2 saturated heterocycles. The van der Waals surface area contributed by atoms with Crippen LogP contribution < -0.4 is 0 Å². The highest BCUT2D eigenvalue weighted by atomic mass is 32.1. The number of piperidine rings is 1. The third-order valence-electron chi connectivity index (χ3n) is 3.39. The summed E-state index contributed by atoms with van der Waals surface area (Å²) in [6.07, 6.45) is 2.43. The lowest BCUT2D eigenvalue weighted by Gasteiger charge is -2.36. The summed E-state index contributed by atoms with van der Waals surface area (Å²) in [4.78, 5) is 4.49. The second kappa shape index (κ2) is 3.76. The normalized spacial score (nSPS) is 32.4. The van der Waals surface area contributed by atoms with Gasteiger partial charge in [-0.05, 0) is 26.8 Å². The first kappa shape index (κ1) is 10.3. The molecule has 0 aliphatic carbocycles. The van der Waals surface area contributed by atoms with Crippen molar-refractivity contribution in [3.8, 4) is 0 Å². The number of hydrogen-bond donors (Lipinski definition) is 0. The van der Waals surface area contributed by atoms with E-state index in [0.717, 1.165) is 32.5 Å². The van der Waals surface area contributed by atoms with Crippen LogP contribution in [0.3, 0.4) is 0 Å². The summed E-state index contributed by atoms with van der Waals surface area (Å²) in [6.45, 7) is 5.33. The van der Waals surface area contributed by atoms with Crippen molar-refractivity contribution in [2.45, 2.75) is 31.6 Å². The molecular weight excluding hydrogens is 196 g/mol. The van der Waals surface area contributed by atoms with Crippen molar-refractivity contribution in [2.24, 2.45) is 0 Å². The molecule has 2 aliphatic rings. The molecule has 1 spiro atoms. The van der Waals surface area contributed by atoms with Crippen LogP contribution in [-0.2, 0) is 4.74 Å². The molecule has 0 aromatic rings. The van der Waals surface area contributed by atoms with Gasteiger partial charge in [-0.15, -0.1) is 0 Å². The van der Waals surface area contributed by atoms with Gasteiger partial charge >= 0.3 is 0 Å². The quantitative estimate of drug-likeness (QED) is 0.607. The average molecular weight is 214 g/mol. The van der Waals surface area contributed by atoms with E-state index >= 15 is 0 Å². The fourth-order valence-corrected chi connectivity index (χ4v) is 2.60. The van der Waals surface area contributed by atoms with E-state index in [2.05, 4.69) is 23.8 Å². The Kier molecular flexibility index (Phi) is 2.77. The van der Waals surface area contributed by atoms with E-state index in [0.29, 0.717) is 0 Å². The standard InChI is InChI=1S/C10H18N2OS/c1-9-12(8-14)7-10(13-9)3-5-11(2)6-4-10/h8-9H,3-7H2,1-2H3. The summed E-state index contributed by atoms with van der Waals surface area (Å²) < 4.78 is 6.04. The van der Waals surface area contributed by atoms with E-state index < -0.39 is 0 Å². The molecule has 1 atom stereocenters. The van der Waals surface area contributed by atoms with Gasteiger partial charge < -0.3 is 14.5 Å². The summed E-state index contributed by atoms with van der Waals surface area (Å²) in [5, 5.41) is 0. The molecule has 14 heavy (non-hydrogen) atoms. The van der Waals surface area contributed by atoms with Crippen molar-refractivity contribution in [1.82, 2.24) is 9.80 Å². The highest BCUT2D eigenvalue weighted by Crippen LogP contribution is 2.34. The number of ether oxygens (including phenoxy) is 1. The Morgan fingerprint density at radius 2 is 2.07 bits per heavy atom. The van der Waals surface area contributed by atoms with Gasteiger partial charge in [0.2, 0.25) is 0 Å². The summed E-state index contributed by atoms with van der Waals surface area (Å²) in [7, 11) is 2.17. The SMILES string of the molecule is CC1OC2(CCN(C)CC2)CN1C=S. The third-order valence-corrected chi connectivity index (χ3v) is 3.66. The molecule has 3 nitrogen and oxygen atoms in total. The van der Waals surface area contributed by atoms with E-state index in [1.807, 2.05) is 0 Å². The van der Waals surface area contributed by atoms with Crippen LogP contribution >= 0.6 is 12.2 Å². The Morgan fingerprint density at radius 3 is 2.57 bits per heavy atom. The summed E-state index contributed by atoms with van der Waals surface area (Å²) in [5.74, 6) is 0. The lowest BCUT2D eigenvalue weighted by molar-refractivity contribution is -0.0695. The highest BCUT2D eigenvalue weighted by Gasteiger charge is 2.43. The van der Waals surface area contributed by atoms with Crippen LogP contribution in [0.25, 0.3) is 0 Å². The van der Waals surface area contributed by atoms with Gasteiger partial charge in [0.15, 0.2) is 0 Å². The minimum Gasteiger partial charge on any atom is -0.350 e. The molecule has 2 fully saturated rings. The molecule has 0 radical (unpaired) electrons. The number of rotatable bonds is 1. The van der Waals surface area contributed by atoms with Crippen molar-refractivity contribution in [3.05, 3.63) is 0 Å². The van der Waals surface area contributed by atoms with Gasteiger partial charge in [0.1, 0.15) is 6.23 Å². The zero-order valence-electron chi connectivity index (χ0n) is 8.90. The third kappa shape index (κ3) is 1.78. The average Bonchev–Trinajstić information content (AvgIpc) is 2.49. The van der Waals surface area contributed by atoms with Gasteiger partial charge in [-0.25, -0.2) is 0 Å². The van der Waals surface area contributed by atoms with Crippen LogP contribution in [0.15, 0.2) is 0 Å². The first-order valence-electron chi connectivity index (χ1n) is 5.23. The Morgan fingerprint density at radius 1 is 1.43 bits per heavy atom. The molecule has 4 heteroatoms. The first-order chi connectivity index (χ1) is 6.65. The zero-order chi connectivity index (χ0) is 10.2. The number of hydrogen-bond acceptors (Lipinski definition) is 3. The van der Waals surface area contributed by atoms with Gasteiger partial charge in [-0.3, -0.25) is 0 Å². The smallest absolute Gasteiger partial charge is 0.128 e. The van der Waals surface area contributed by atoms with Crippen LogP contribution in [0.5, 0.6) is 0 Å². The molecule has 0 N–H and O–H groups in total. The molecule has 2 rings (SSSR count). The minimum atomic E-state index is 0.0846. The molecular formula is C10H18N2OS.